The van der Waals surface area contributed by atoms with Crippen LogP contribution < -0.4 is 5.32 Å². The van der Waals surface area contributed by atoms with Gasteiger partial charge in [-0.1, -0.05) is 19.9 Å². The summed E-state index contributed by atoms with van der Waals surface area (Å²) in [5.74, 6) is -8.81. The Bertz CT molecular complexity index is 1990. The maximum Gasteiger partial charge on any atom is 0.342 e. The summed E-state index contributed by atoms with van der Waals surface area (Å²) in [6.45, 7) is 5.98. The minimum atomic E-state index is -3.25. The zero-order chi connectivity index (χ0) is 39.1. The van der Waals surface area contributed by atoms with E-state index in [1.54, 1.807) is 20.8 Å². The van der Waals surface area contributed by atoms with Crippen LogP contribution in [0.15, 0.2) is 23.9 Å². The predicted octanol–water partition coefficient (Wildman–Crippen LogP) is 0.370. The lowest BCUT2D eigenvalue weighted by Gasteiger charge is -2.52. The van der Waals surface area contributed by atoms with E-state index in [2.05, 4.69) is 5.32 Å². The highest BCUT2D eigenvalue weighted by Gasteiger charge is 2.72. The van der Waals surface area contributed by atoms with Crippen molar-refractivity contribution in [3.05, 3.63) is 68.4 Å². The summed E-state index contributed by atoms with van der Waals surface area (Å²) in [5, 5.41) is 70.8. The van der Waals surface area contributed by atoms with Crippen molar-refractivity contribution in [1.29, 1.82) is 0 Å². The molecule has 16 nitrogen and oxygen atoms in total. The third-order valence-electron chi connectivity index (χ3n) is 10.7. The summed E-state index contributed by atoms with van der Waals surface area (Å²) in [6, 6.07) is 2.19. The van der Waals surface area contributed by atoms with Crippen LogP contribution in [0, 0.1) is 18.8 Å². The summed E-state index contributed by atoms with van der Waals surface area (Å²) >= 11 is 0. The molecule has 0 radical (unpaired) electrons. The molecule has 3 aliphatic carbocycles. The number of carbonyl (C=O) groups excluding carboxylic acids is 5. The number of rotatable bonds is 8. The van der Waals surface area contributed by atoms with Gasteiger partial charge in [0.25, 0.3) is 0 Å². The first-order valence-corrected chi connectivity index (χ1v) is 16.9. The average molecular weight is 740 g/mol. The predicted molar refractivity (Wildman–Crippen MR) is 180 cm³/mol. The van der Waals surface area contributed by atoms with Gasteiger partial charge in [0, 0.05) is 43.4 Å². The van der Waals surface area contributed by atoms with Crippen LogP contribution in [0.1, 0.15) is 89.3 Å². The molecule has 0 spiro atoms. The van der Waals surface area contributed by atoms with Crippen molar-refractivity contribution < 1.29 is 73.6 Å². The smallest absolute Gasteiger partial charge is 0.342 e. The maximum atomic E-state index is 14.7. The van der Waals surface area contributed by atoms with Gasteiger partial charge in [-0.3, -0.25) is 19.2 Å². The summed E-state index contributed by atoms with van der Waals surface area (Å²) in [5.41, 5.74) is -10.2. The Kier molecular flexibility index (Phi) is 9.64. The highest BCUT2D eigenvalue weighted by Crippen LogP contribution is 2.56. The first-order chi connectivity index (χ1) is 24.9. The molecule has 1 fully saturated rings. The van der Waals surface area contributed by atoms with Gasteiger partial charge >= 0.3 is 5.97 Å². The third-order valence-corrected chi connectivity index (χ3v) is 10.7. The van der Waals surface area contributed by atoms with E-state index in [0.717, 1.165) is 19.3 Å². The zero-order valence-electron chi connectivity index (χ0n) is 29.8. The zero-order valence-corrected chi connectivity index (χ0v) is 29.8. The van der Waals surface area contributed by atoms with E-state index in [0.29, 0.717) is 0 Å². The van der Waals surface area contributed by atoms with E-state index >= 15 is 0 Å². The van der Waals surface area contributed by atoms with Crippen LogP contribution in [-0.2, 0) is 31.0 Å². The Morgan fingerprint density at radius 2 is 1.72 bits per heavy atom. The highest BCUT2D eigenvalue weighted by atomic mass is 16.6. The number of aromatic hydroxyl groups is 2. The molecule has 4 aliphatic rings. The number of methoxy groups -OCH3 is 2. The number of nitrogens with one attached hydrogen (secondary N) is 1. The van der Waals surface area contributed by atoms with Crippen molar-refractivity contribution in [3.63, 3.8) is 0 Å². The van der Waals surface area contributed by atoms with Gasteiger partial charge in [-0.15, -0.1) is 0 Å². The van der Waals surface area contributed by atoms with Gasteiger partial charge in [0.2, 0.25) is 17.3 Å². The molecule has 1 aliphatic heterocycles. The fourth-order valence-electron chi connectivity index (χ4n) is 8.11. The Morgan fingerprint density at radius 1 is 1.04 bits per heavy atom. The number of benzene rings is 2. The Morgan fingerprint density at radius 3 is 2.32 bits per heavy atom. The number of hydrogen-bond acceptors (Lipinski definition) is 16. The Labute approximate surface area is 302 Å². The molecule has 0 unspecified atom stereocenters. The fraction of sp³-hybridized carbons (Fsp3) is 0.486. The summed E-state index contributed by atoms with van der Waals surface area (Å²) in [4.78, 5) is 70.0. The molecule has 16 heteroatoms. The molecule has 1 saturated heterocycles. The van der Waals surface area contributed by atoms with Crippen LogP contribution >= 0.6 is 0 Å². The number of fused-ring (bicyclic) bond motifs is 5. The number of aliphatic hydroxyl groups excluding tert-OH is 3. The lowest BCUT2D eigenvalue weighted by molar-refractivity contribution is -0.214. The van der Waals surface area contributed by atoms with Crippen LogP contribution in [0.2, 0.25) is 0 Å². The van der Waals surface area contributed by atoms with Crippen molar-refractivity contribution in [2.24, 2.45) is 11.8 Å². The number of Topliss-reactive ketones (excluding diaryl/α,β-unsaturated/α-hetero) is 3. The second kappa shape index (κ2) is 13.4. The molecule has 2 aromatic rings. The Hall–Kier alpha value is -4.55. The lowest BCUT2D eigenvalue weighted by atomic mass is 9.56. The molecular formula is C37H41NO15. The van der Waals surface area contributed by atoms with E-state index in [4.69, 9.17) is 18.9 Å². The molecule has 284 valence electrons. The minimum Gasteiger partial charge on any atom is -0.507 e. The van der Waals surface area contributed by atoms with Crippen molar-refractivity contribution in [2.75, 3.05) is 27.4 Å². The van der Waals surface area contributed by atoms with Crippen molar-refractivity contribution in [1.82, 2.24) is 5.32 Å². The van der Waals surface area contributed by atoms with E-state index in [1.807, 2.05) is 0 Å². The summed E-state index contributed by atoms with van der Waals surface area (Å²) in [6.07, 6.45) is -5.64. The second-order valence-corrected chi connectivity index (χ2v) is 14.2. The van der Waals surface area contributed by atoms with Crippen LogP contribution in [0.25, 0.3) is 0 Å². The first-order valence-electron chi connectivity index (χ1n) is 16.9. The van der Waals surface area contributed by atoms with Gasteiger partial charge in [0.1, 0.15) is 29.4 Å². The molecule has 7 N–H and O–H groups in total. The second-order valence-electron chi connectivity index (χ2n) is 14.2. The Balaban J connectivity index is 1.50. The molecule has 6 rings (SSSR count). The largest absolute Gasteiger partial charge is 0.507 e. The number of carbonyl (C=O) groups is 5. The van der Waals surface area contributed by atoms with E-state index < -0.39 is 140 Å². The quantitative estimate of drug-likeness (QED) is 0.181. The molecule has 53 heavy (non-hydrogen) atoms. The lowest BCUT2D eigenvalue weighted by Crippen LogP contribution is -2.73. The molecular weight excluding hydrogens is 698 g/mol. The molecule has 1 heterocycles. The summed E-state index contributed by atoms with van der Waals surface area (Å²) in [7, 11) is 2.27. The van der Waals surface area contributed by atoms with Crippen LogP contribution in [0.5, 0.6) is 11.5 Å². The average Bonchev–Trinajstić information content (AvgIpc) is 3.08. The molecule has 2 aromatic carbocycles. The number of aliphatic hydroxyl groups is 4. The highest BCUT2D eigenvalue weighted by molar-refractivity contribution is 6.31. The third kappa shape index (κ3) is 5.26. The van der Waals surface area contributed by atoms with Gasteiger partial charge in [0.05, 0.1) is 54.3 Å². The SMILES string of the molecule is CO[C@@H]1[C@@H](O)[C@@H](CO)[C@@H](NC2=CC(=O)c3c(cc4c(c3O)C(=O)[C@]3(OC)[C@H](O)Cc5cc(C)c(C(=O)OCC(C)C)c(O)c5[C@]3(O)C4=O)C2=O)O[C@H]1C. The fourth-order valence-corrected chi connectivity index (χ4v) is 8.11. The number of phenolic OH excluding ortho intramolecular Hbond substituents is 2. The number of ether oxygens (including phenoxy) is 4. The molecule has 8 atom stereocenters. The van der Waals surface area contributed by atoms with E-state index in [-0.39, 0.29) is 23.7 Å². The van der Waals surface area contributed by atoms with E-state index in [9.17, 15) is 54.6 Å². The normalized spacial score (nSPS) is 30.7. The monoisotopic (exact) mass is 739 g/mol. The van der Waals surface area contributed by atoms with Crippen LogP contribution in [0.4, 0.5) is 0 Å². The maximum absolute atomic E-state index is 14.7. The molecule has 0 aromatic heterocycles. The van der Waals surface area contributed by atoms with Crippen LogP contribution in [0.3, 0.4) is 0 Å². The molecule has 0 saturated carbocycles. The topological polar surface area (TPSA) is 256 Å². The van der Waals surface area contributed by atoms with Gasteiger partial charge in [0.15, 0.2) is 17.0 Å². The molecule has 0 amide bonds. The van der Waals surface area contributed by atoms with Gasteiger partial charge in [-0.2, -0.15) is 0 Å². The standard InChI is InChI=1S/C37H41NO15/c1-13(2)12-52-35(48)23-14(3)7-16-8-22(41)37(51-6)33(47)25-18(32(46)36(37,49)26(16)30(23)45)9-17-24(29(25)44)21(40)10-20(27(17)42)38-34-19(11-39)28(43)31(50-5)15(4)53-34/h7,9-10,13,15,19,22,28,31,34,38-39,41,43-45,49H,8,11-12H2,1-6H3/t15-,19+,22+,28-,31-,34-,36-,37+/m0/s1. The summed E-state index contributed by atoms with van der Waals surface area (Å²) < 4.78 is 22.0. The number of esters is 1. The first kappa shape index (κ1) is 38.2. The minimum absolute atomic E-state index is 0.00594. The van der Waals surface area contributed by atoms with Gasteiger partial charge in [-0.25, -0.2) is 4.79 Å². The van der Waals surface area contributed by atoms with E-state index in [1.165, 1.54) is 20.1 Å². The number of phenols is 2. The van der Waals surface area contributed by atoms with Crippen molar-refractivity contribution >= 4 is 29.1 Å². The number of allylic oxidation sites excluding steroid dienone is 2. The van der Waals surface area contributed by atoms with Gasteiger partial charge < -0.3 is 54.9 Å². The molecule has 0 bridgehead atoms. The van der Waals surface area contributed by atoms with Crippen molar-refractivity contribution in [2.45, 2.75) is 76.0 Å². The van der Waals surface area contributed by atoms with Gasteiger partial charge in [-0.05, 0) is 37.0 Å². The number of hydrogen-bond donors (Lipinski definition) is 7. The van der Waals surface area contributed by atoms with Crippen molar-refractivity contribution in [3.8, 4) is 11.5 Å². The number of aryl methyl sites for hydroxylation is 1. The number of ketones is 4. The van der Waals surface area contributed by atoms with Crippen LogP contribution in [-0.4, -0.2) is 123 Å².